The van der Waals surface area contributed by atoms with Crippen LogP contribution in [0.15, 0.2) is 0 Å². The van der Waals surface area contributed by atoms with Crippen LogP contribution in [0.3, 0.4) is 0 Å². The van der Waals surface area contributed by atoms with E-state index in [4.69, 9.17) is 12.2 Å². The second-order valence-electron chi connectivity index (χ2n) is 3.97. The van der Waals surface area contributed by atoms with E-state index in [0.29, 0.717) is 10.8 Å². The third-order valence-corrected chi connectivity index (χ3v) is 3.47. The molecular weight excluding hydrogens is 196 g/mol. The maximum atomic E-state index is 5.12. The van der Waals surface area contributed by atoms with Crippen molar-refractivity contribution in [2.24, 2.45) is 5.92 Å². The molecular formula is C9H16N4S. The summed E-state index contributed by atoms with van der Waals surface area (Å²) in [7, 11) is 0. The fourth-order valence-corrected chi connectivity index (χ4v) is 2.71. The lowest BCUT2D eigenvalue weighted by Crippen LogP contribution is -2.18. The van der Waals surface area contributed by atoms with Crippen molar-refractivity contribution < 1.29 is 0 Å². The Kier molecular flexibility index (Phi) is 2.96. The number of hydrogen-bond donors (Lipinski definition) is 1. The van der Waals surface area contributed by atoms with Crippen LogP contribution >= 0.6 is 12.2 Å². The molecule has 1 saturated carbocycles. The van der Waals surface area contributed by atoms with Gasteiger partial charge >= 0.3 is 0 Å². The van der Waals surface area contributed by atoms with Crippen LogP contribution in [0, 0.1) is 10.7 Å². The van der Waals surface area contributed by atoms with Gasteiger partial charge in [-0.1, -0.05) is 30.1 Å². The van der Waals surface area contributed by atoms with Gasteiger partial charge in [0.25, 0.3) is 0 Å². The molecule has 78 valence electrons. The first kappa shape index (κ1) is 9.83. The number of nitrogens with zero attached hydrogens (tertiary/aromatic N) is 3. The molecule has 2 rings (SSSR count). The lowest BCUT2D eigenvalue weighted by molar-refractivity contribution is 0.294. The molecule has 1 N–H and O–H groups in total. The molecule has 0 aliphatic heterocycles. The van der Waals surface area contributed by atoms with Crippen LogP contribution in [-0.4, -0.2) is 20.2 Å². The molecule has 4 nitrogen and oxygen atoms in total. The zero-order valence-corrected chi connectivity index (χ0v) is 9.26. The predicted octanol–water partition coefficient (Wildman–Crippen LogP) is 2.48. The average Bonchev–Trinajstić information content (AvgIpc) is 2.80. The summed E-state index contributed by atoms with van der Waals surface area (Å²) in [6, 6.07) is 0.472. The Morgan fingerprint density at radius 3 is 2.79 bits per heavy atom. The van der Waals surface area contributed by atoms with Crippen LogP contribution in [0.25, 0.3) is 0 Å². The predicted molar refractivity (Wildman–Crippen MR) is 56.5 cm³/mol. The Bertz CT molecular complexity index is 337. The summed E-state index contributed by atoms with van der Waals surface area (Å²) in [5.74, 6) is 0.758. The van der Waals surface area contributed by atoms with E-state index in [-0.39, 0.29) is 0 Å². The molecule has 1 aromatic rings. The second-order valence-corrected chi connectivity index (χ2v) is 4.34. The van der Waals surface area contributed by atoms with E-state index >= 15 is 0 Å². The van der Waals surface area contributed by atoms with Gasteiger partial charge in [-0.25, -0.2) is 4.68 Å². The van der Waals surface area contributed by atoms with E-state index in [1.165, 1.54) is 25.7 Å². The van der Waals surface area contributed by atoms with Gasteiger partial charge in [0.05, 0.1) is 6.04 Å². The summed E-state index contributed by atoms with van der Waals surface area (Å²) >= 11 is 5.12. The normalized spacial score (nSPS) is 20.1. The average molecular weight is 212 g/mol. The molecule has 1 unspecified atom stereocenters. The molecule has 14 heavy (non-hydrogen) atoms. The number of nitrogens with one attached hydrogen (secondary N) is 1. The maximum absolute atomic E-state index is 5.12. The number of H-pyrrole nitrogens is 1. The van der Waals surface area contributed by atoms with E-state index in [9.17, 15) is 0 Å². The molecule has 1 aliphatic carbocycles. The third kappa shape index (κ3) is 1.73. The van der Waals surface area contributed by atoms with Crippen molar-refractivity contribution in [2.45, 2.75) is 45.1 Å². The fourth-order valence-electron chi connectivity index (χ4n) is 2.49. The Balaban J connectivity index is 2.20. The van der Waals surface area contributed by atoms with Crippen molar-refractivity contribution in [3.63, 3.8) is 0 Å². The molecule has 0 aromatic carbocycles. The van der Waals surface area contributed by atoms with Crippen molar-refractivity contribution in [3.8, 4) is 0 Å². The minimum Gasteiger partial charge on any atom is -0.239 e. The Hall–Kier alpha value is -0.710. The van der Waals surface area contributed by atoms with E-state index < -0.39 is 0 Å². The topological polar surface area (TPSA) is 46.5 Å². The summed E-state index contributed by atoms with van der Waals surface area (Å²) in [6.45, 7) is 2.20. The molecule has 0 saturated heterocycles. The molecule has 1 aromatic heterocycles. The molecule has 0 bridgehead atoms. The van der Waals surface area contributed by atoms with Crippen LogP contribution in [0.4, 0.5) is 0 Å². The fraction of sp³-hybridized carbons (Fsp3) is 0.889. The highest BCUT2D eigenvalue weighted by Crippen LogP contribution is 2.35. The van der Waals surface area contributed by atoms with Crippen LogP contribution in [-0.2, 0) is 0 Å². The van der Waals surface area contributed by atoms with Gasteiger partial charge in [0.1, 0.15) is 0 Å². The van der Waals surface area contributed by atoms with E-state index in [1.54, 1.807) is 0 Å². The standard InChI is InChI=1S/C9H16N4S/c1-2-8(7-5-3-4-6-7)13-9(14)10-11-12-13/h7-8H,2-6H2,1H3,(H,10,12,14). The molecule has 1 aliphatic rings. The zero-order chi connectivity index (χ0) is 9.97. The summed E-state index contributed by atoms with van der Waals surface area (Å²) in [5.41, 5.74) is 0. The van der Waals surface area contributed by atoms with Gasteiger partial charge < -0.3 is 0 Å². The summed E-state index contributed by atoms with van der Waals surface area (Å²) in [6.07, 6.45) is 6.45. The zero-order valence-electron chi connectivity index (χ0n) is 8.44. The van der Waals surface area contributed by atoms with Crippen molar-refractivity contribution in [1.82, 2.24) is 20.2 Å². The van der Waals surface area contributed by atoms with E-state index in [1.807, 2.05) is 4.68 Å². The first-order valence-electron chi connectivity index (χ1n) is 5.32. The molecule has 0 amide bonds. The van der Waals surface area contributed by atoms with Gasteiger partial charge in [-0.3, -0.25) is 0 Å². The lowest BCUT2D eigenvalue weighted by atomic mass is 9.96. The summed E-state index contributed by atoms with van der Waals surface area (Å²) in [4.78, 5) is 0. The molecule has 5 heteroatoms. The molecule has 0 radical (unpaired) electrons. The highest BCUT2D eigenvalue weighted by Gasteiger charge is 2.25. The van der Waals surface area contributed by atoms with Gasteiger partial charge in [-0.05, 0) is 37.4 Å². The Labute approximate surface area is 88.7 Å². The number of aromatic amines is 1. The maximum Gasteiger partial charge on any atom is 0.238 e. The quantitative estimate of drug-likeness (QED) is 0.783. The smallest absolute Gasteiger partial charge is 0.238 e. The highest BCUT2D eigenvalue weighted by molar-refractivity contribution is 7.71. The van der Waals surface area contributed by atoms with Crippen LogP contribution in [0.5, 0.6) is 0 Å². The largest absolute Gasteiger partial charge is 0.239 e. The summed E-state index contributed by atoms with van der Waals surface area (Å²) < 4.78 is 2.54. The van der Waals surface area contributed by atoms with Crippen LogP contribution in [0.2, 0.25) is 0 Å². The highest BCUT2D eigenvalue weighted by atomic mass is 32.1. The van der Waals surface area contributed by atoms with Gasteiger partial charge in [0, 0.05) is 0 Å². The molecule has 1 heterocycles. The number of aromatic nitrogens is 4. The summed E-state index contributed by atoms with van der Waals surface area (Å²) in [5, 5.41) is 10.5. The third-order valence-electron chi connectivity index (χ3n) is 3.19. The van der Waals surface area contributed by atoms with Gasteiger partial charge in [0.2, 0.25) is 4.77 Å². The minimum atomic E-state index is 0.472. The Morgan fingerprint density at radius 1 is 1.57 bits per heavy atom. The van der Waals surface area contributed by atoms with Crippen molar-refractivity contribution >= 4 is 12.2 Å². The first-order chi connectivity index (χ1) is 6.83. The minimum absolute atomic E-state index is 0.472. The van der Waals surface area contributed by atoms with E-state index in [0.717, 1.165) is 12.3 Å². The molecule has 0 spiro atoms. The van der Waals surface area contributed by atoms with Gasteiger partial charge in [-0.2, -0.15) is 5.21 Å². The first-order valence-corrected chi connectivity index (χ1v) is 5.73. The van der Waals surface area contributed by atoms with Crippen LogP contribution < -0.4 is 0 Å². The molecule has 1 atom stereocenters. The SMILES string of the molecule is CCC(C1CCCC1)n1[nH]nnc1=S. The van der Waals surface area contributed by atoms with Gasteiger partial charge in [-0.15, -0.1) is 0 Å². The van der Waals surface area contributed by atoms with Crippen molar-refractivity contribution in [1.29, 1.82) is 0 Å². The lowest BCUT2D eigenvalue weighted by Gasteiger charge is -2.21. The van der Waals surface area contributed by atoms with Crippen molar-refractivity contribution in [3.05, 3.63) is 4.77 Å². The van der Waals surface area contributed by atoms with Gasteiger partial charge in [0.15, 0.2) is 0 Å². The number of hydrogen-bond acceptors (Lipinski definition) is 3. The number of rotatable bonds is 3. The second kappa shape index (κ2) is 4.21. The monoisotopic (exact) mass is 212 g/mol. The van der Waals surface area contributed by atoms with E-state index in [2.05, 4.69) is 22.4 Å². The molecule has 1 fully saturated rings. The number of tetrazole rings is 1. The van der Waals surface area contributed by atoms with Crippen LogP contribution in [0.1, 0.15) is 45.1 Å². The van der Waals surface area contributed by atoms with Crippen molar-refractivity contribution in [2.75, 3.05) is 0 Å². The Morgan fingerprint density at radius 2 is 2.29 bits per heavy atom.